The lowest BCUT2D eigenvalue weighted by molar-refractivity contribution is -0.119. The minimum Gasteiger partial charge on any atom is -0.348 e. The molecule has 2 aliphatic carbocycles. The minimum atomic E-state index is -0.0244. The Morgan fingerprint density at radius 3 is 2.87 bits per heavy atom. The number of hydrogen-bond donors (Lipinski definition) is 1. The van der Waals surface area contributed by atoms with Gasteiger partial charge >= 0.3 is 0 Å². The predicted molar refractivity (Wildman–Crippen MR) is 130 cm³/mol. The molecule has 8 heteroatoms. The van der Waals surface area contributed by atoms with E-state index in [1.165, 1.54) is 28.6 Å². The molecule has 2 aliphatic rings. The highest BCUT2D eigenvalue weighted by molar-refractivity contribution is 7.99. The lowest BCUT2D eigenvalue weighted by Crippen LogP contribution is -2.29. The van der Waals surface area contributed by atoms with Crippen molar-refractivity contribution in [3.63, 3.8) is 0 Å². The molecule has 3 aromatic rings. The van der Waals surface area contributed by atoms with Crippen molar-refractivity contribution in [1.29, 1.82) is 0 Å². The van der Waals surface area contributed by atoms with E-state index in [1.807, 2.05) is 29.0 Å². The Kier molecular flexibility index (Phi) is 6.21. The van der Waals surface area contributed by atoms with Gasteiger partial charge in [-0.25, -0.2) is 4.98 Å². The lowest BCUT2D eigenvalue weighted by atomic mass is 9.97. The number of fused-ring (bicyclic) bond motifs is 3. The Bertz CT molecular complexity index is 1140. The number of rotatable bonds is 6. The number of hydrogen-bond acceptors (Lipinski definition) is 6. The molecule has 31 heavy (non-hydrogen) atoms. The van der Waals surface area contributed by atoms with Crippen LogP contribution in [-0.4, -0.2) is 21.2 Å². The summed E-state index contributed by atoms with van der Waals surface area (Å²) in [5.74, 6) is 0.245. The van der Waals surface area contributed by atoms with E-state index in [-0.39, 0.29) is 29.3 Å². The number of aromatic nitrogens is 2. The van der Waals surface area contributed by atoms with Crippen molar-refractivity contribution in [1.82, 2.24) is 14.9 Å². The average Bonchev–Trinajstić information content (AvgIpc) is 3.52. The highest BCUT2D eigenvalue weighted by Gasteiger charge is 2.27. The van der Waals surface area contributed by atoms with Gasteiger partial charge < -0.3 is 5.32 Å². The number of nitrogens with zero attached hydrogens (tertiary/aromatic N) is 2. The van der Waals surface area contributed by atoms with E-state index >= 15 is 0 Å². The first kappa shape index (κ1) is 21.2. The summed E-state index contributed by atoms with van der Waals surface area (Å²) in [4.78, 5) is 34.6. The Morgan fingerprint density at radius 1 is 1.29 bits per heavy atom. The van der Waals surface area contributed by atoms with Gasteiger partial charge in [0.2, 0.25) is 5.91 Å². The molecule has 1 saturated carbocycles. The number of nitrogens with one attached hydrogen (secondary N) is 1. The van der Waals surface area contributed by atoms with Crippen LogP contribution in [0.4, 0.5) is 0 Å². The molecule has 1 amide bonds. The van der Waals surface area contributed by atoms with E-state index in [1.54, 1.807) is 22.7 Å². The van der Waals surface area contributed by atoms with Crippen molar-refractivity contribution in [2.24, 2.45) is 0 Å². The second kappa shape index (κ2) is 9.08. The van der Waals surface area contributed by atoms with Gasteiger partial charge in [0.15, 0.2) is 5.16 Å². The second-order valence-corrected chi connectivity index (χ2v) is 11.5. The fourth-order valence-electron chi connectivity index (χ4n) is 4.81. The van der Waals surface area contributed by atoms with E-state index in [0.717, 1.165) is 60.0 Å². The van der Waals surface area contributed by atoms with E-state index in [4.69, 9.17) is 4.98 Å². The van der Waals surface area contributed by atoms with Crippen molar-refractivity contribution >= 4 is 50.6 Å². The first-order valence-corrected chi connectivity index (χ1v) is 13.8. The van der Waals surface area contributed by atoms with Crippen LogP contribution in [0, 0.1) is 0 Å². The zero-order valence-corrected chi connectivity index (χ0v) is 20.1. The largest absolute Gasteiger partial charge is 0.348 e. The molecule has 3 aromatic heterocycles. The van der Waals surface area contributed by atoms with Gasteiger partial charge in [0.25, 0.3) is 5.56 Å². The van der Waals surface area contributed by atoms with E-state index in [0.29, 0.717) is 5.16 Å². The molecule has 5 nitrogen and oxygen atoms in total. The molecular weight excluding hydrogens is 446 g/mol. The van der Waals surface area contributed by atoms with Crippen molar-refractivity contribution in [2.45, 2.75) is 75.5 Å². The average molecular weight is 474 g/mol. The number of amides is 1. The molecule has 5 rings (SSSR count). The van der Waals surface area contributed by atoms with Gasteiger partial charge in [0.1, 0.15) is 4.83 Å². The number of carbonyl (C=O) groups is 1. The Labute approximate surface area is 194 Å². The maximum atomic E-state index is 13.7. The van der Waals surface area contributed by atoms with Gasteiger partial charge in [-0.15, -0.1) is 22.7 Å². The highest BCUT2D eigenvalue weighted by Crippen LogP contribution is 2.37. The third kappa shape index (κ3) is 4.22. The molecule has 0 saturated heterocycles. The summed E-state index contributed by atoms with van der Waals surface area (Å²) in [7, 11) is 0. The minimum absolute atomic E-state index is 0.00964. The predicted octanol–water partition coefficient (Wildman–Crippen LogP) is 5.48. The van der Waals surface area contributed by atoms with Gasteiger partial charge in [-0.3, -0.25) is 14.2 Å². The summed E-state index contributed by atoms with van der Waals surface area (Å²) in [6.07, 6.45) is 8.75. The molecule has 1 unspecified atom stereocenters. The molecule has 1 N–H and O–H groups in total. The smallest absolute Gasteiger partial charge is 0.263 e. The van der Waals surface area contributed by atoms with Gasteiger partial charge in [-0.05, 0) is 62.5 Å². The molecule has 0 radical (unpaired) electrons. The van der Waals surface area contributed by atoms with E-state index < -0.39 is 0 Å². The van der Waals surface area contributed by atoms with Crippen LogP contribution in [0.3, 0.4) is 0 Å². The fourth-order valence-corrected chi connectivity index (χ4v) is 7.72. The number of thiophene rings is 2. The first-order valence-electron chi connectivity index (χ1n) is 11.1. The van der Waals surface area contributed by atoms with Crippen LogP contribution >= 0.6 is 34.4 Å². The summed E-state index contributed by atoms with van der Waals surface area (Å²) in [6, 6.07) is 4.23. The monoisotopic (exact) mass is 473 g/mol. The van der Waals surface area contributed by atoms with Crippen LogP contribution in [0.5, 0.6) is 0 Å². The summed E-state index contributed by atoms with van der Waals surface area (Å²) in [6.45, 7) is 2.00. The van der Waals surface area contributed by atoms with Crippen LogP contribution < -0.4 is 10.9 Å². The number of thioether (sulfide) groups is 1. The summed E-state index contributed by atoms with van der Waals surface area (Å²) < 4.78 is 1.93. The molecule has 164 valence electrons. The molecule has 3 heterocycles. The zero-order valence-electron chi connectivity index (χ0n) is 17.7. The standard InChI is InChI=1S/C23H27N3O2S3/c1-14(17-11-6-12-29-17)24-19(27)13-30-23-25-21-20(16-9-4-5-10-18(16)31-21)22(28)26(23)15-7-2-3-8-15/h6,11-12,14-15H,2-5,7-10,13H2,1H3,(H,24,27). The van der Waals surface area contributed by atoms with Crippen LogP contribution in [0.2, 0.25) is 0 Å². The Morgan fingerprint density at radius 2 is 2.10 bits per heavy atom. The maximum Gasteiger partial charge on any atom is 0.263 e. The molecular formula is C23H27N3O2S3. The topological polar surface area (TPSA) is 64.0 Å². The van der Waals surface area contributed by atoms with Crippen molar-refractivity contribution in [2.75, 3.05) is 5.75 Å². The van der Waals surface area contributed by atoms with Gasteiger partial charge in [0.05, 0.1) is 17.2 Å². The van der Waals surface area contributed by atoms with E-state index in [9.17, 15) is 9.59 Å². The normalized spacial score (nSPS) is 17.7. The number of carbonyl (C=O) groups excluding carboxylic acids is 1. The highest BCUT2D eigenvalue weighted by atomic mass is 32.2. The summed E-state index contributed by atoms with van der Waals surface area (Å²) in [5.41, 5.74) is 1.36. The first-order chi connectivity index (χ1) is 15.1. The molecule has 0 aromatic carbocycles. The SMILES string of the molecule is CC(NC(=O)CSc1nc2sc3c(c2c(=O)n1C1CCCC1)CCCC3)c1cccs1. The summed E-state index contributed by atoms with van der Waals surface area (Å²) in [5, 5.41) is 6.66. The fraction of sp³-hybridized carbons (Fsp3) is 0.522. The number of aryl methyl sites for hydroxylation is 2. The van der Waals surface area contributed by atoms with Crippen LogP contribution in [0.25, 0.3) is 10.2 Å². The lowest BCUT2D eigenvalue weighted by Gasteiger charge is -2.19. The maximum absolute atomic E-state index is 13.7. The second-order valence-electron chi connectivity index (χ2n) is 8.49. The Balaban J connectivity index is 1.43. The molecule has 1 atom stereocenters. The van der Waals surface area contributed by atoms with Crippen molar-refractivity contribution in [3.8, 4) is 0 Å². The van der Waals surface area contributed by atoms with Crippen LogP contribution in [0.15, 0.2) is 27.5 Å². The van der Waals surface area contributed by atoms with Crippen molar-refractivity contribution in [3.05, 3.63) is 43.2 Å². The molecule has 0 bridgehead atoms. The van der Waals surface area contributed by atoms with Gasteiger partial charge in [0, 0.05) is 15.8 Å². The van der Waals surface area contributed by atoms with E-state index in [2.05, 4.69) is 5.32 Å². The van der Waals surface area contributed by atoms with Gasteiger partial charge in [-0.1, -0.05) is 30.7 Å². The van der Waals surface area contributed by atoms with Crippen LogP contribution in [-0.2, 0) is 17.6 Å². The van der Waals surface area contributed by atoms with Crippen LogP contribution in [0.1, 0.15) is 72.9 Å². The quantitative estimate of drug-likeness (QED) is 0.380. The van der Waals surface area contributed by atoms with Gasteiger partial charge in [-0.2, -0.15) is 0 Å². The zero-order chi connectivity index (χ0) is 21.4. The van der Waals surface area contributed by atoms with Crippen molar-refractivity contribution < 1.29 is 4.79 Å². The molecule has 0 aliphatic heterocycles. The molecule has 0 spiro atoms. The third-order valence-corrected chi connectivity index (χ3v) is 9.55. The third-order valence-electron chi connectivity index (χ3n) is 6.36. The molecule has 1 fully saturated rings. The summed E-state index contributed by atoms with van der Waals surface area (Å²) >= 11 is 4.74. The Hall–Kier alpha value is -1.64.